The van der Waals surface area contributed by atoms with E-state index in [1.807, 2.05) is 26.8 Å². The predicted molar refractivity (Wildman–Crippen MR) is 132 cm³/mol. The van der Waals surface area contributed by atoms with Crippen LogP contribution in [-0.2, 0) is 15.0 Å². The second-order valence-corrected chi connectivity index (χ2v) is 10.9. The van der Waals surface area contributed by atoms with Crippen molar-refractivity contribution in [2.45, 2.75) is 66.7 Å². The highest BCUT2D eigenvalue weighted by molar-refractivity contribution is 6.42. The van der Waals surface area contributed by atoms with Crippen LogP contribution in [0.1, 0.15) is 67.0 Å². The molecule has 0 fully saturated rings. The minimum Gasteiger partial charge on any atom is -0.333 e. The first-order valence-corrected chi connectivity index (χ1v) is 11.6. The van der Waals surface area contributed by atoms with Crippen LogP contribution in [0.15, 0.2) is 24.3 Å². The van der Waals surface area contributed by atoms with Crippen molar-refractivity contribution >= 4 is 40.8 Å². The van der Waals surface area contributed by atoms with Gasteiger partial charge in [-0.2, -0.15) is 5.10 Å². The van der Waals surface area contributed by atoms with E-state index in [1.165, 1.54) is 0 Å². The first-order chi connectivity index (χ1) is 14.7. The van der Waals surface area contributed by atoms with Crippen molar-refractivity contribution in [3.8, 4) is 5.69 Å². The first kappa shape index (κ1) is 26.2. The normalized spacial score (nSPS) is 12.0. The van der Waals surface area contributed by atoms with Crippen molar-refractivity contribution in [1.82, 2.24) is 14.7 Å². The molecule has 176 valence electrons. The zero-order chi connectivity index (χ0) is 24.3. The summed E-state index contributed by atoms with van der Waals surface area (Å²) in [4.78, 5) is 27.5. The standard InChI is InChI=1S/C24H34Cl2N4O2/c1-8-9-12-29(22(32)24(5,6)7)15-21(31)27-20-14-19(23(2,3)4)28-30(20)16-10-11-17(25)18(26)13-16/h10-11,13-14H,8-9,12,15H2,1-7H3,(H,27,31). The van der Waals surface area contributed by atoms with Crippen LogP contribution in [0, 0.1) is 5.41 Å². The molecule has 0 aliphatic heterocycles. The Balaban J connectivity index is 2.35. The van der Waals surface area contributed by atoms with E-state index in [0.29, 0.717) is 28.1 Å². The van der Waals surface area contributed by atoms with Crippen molar-refractivity contribution in [3.05, 3.63) is 40.0 Å². The average molecular weight is 481 g/mol. The van der Waals surface area contributed by atoms with E-state index >= 15 is 0 Å². The number of nitrogens with zero attached hydrogens (tertiary/aromatic N) is 3. The third-order valence-corrected chi connectivity index (χ3v) is 5.68. The molecule has 1 heterocycles. The highest BCUT2D eigenvalue weighted by atomic mass is 35.5. The van der Waals surface area contributed by atoms with Gasteiger partial charge in [-0.3, -0.25) is 9.59 Å². The summed E-state index contributed by atoms with van der Waals surface area (Å²) in [6.07, 6.45) is 1.78. The highest BCUT2D eigenvalue weighted by Gasteiger charge is 2.29. The van der Waals surface area contributed by atoms with E-state index in [9.17, 15) is 9.59 Å². The summed E-state index contributed by atoms with van der Waals surface area (Å²) in [6.45, 7) is 14.3. The molecular weight excluding hydrogens is 447 g/mol. The quantitative estimate of drug-likeness (QED) is 0.521. The number of hydrogen-bond donors (Lipinski definition) is 1. The molecular formula is C24H34Cl2N4O2. The van der Waals surface area contributed by atoms with Crippen LogP contribution in [-0.4, -0.2) is 39.6 Å². The maximum Gasteiger partial charge on any atom is 0.245 e. The number of anilines is 1. The fourth-order valence-corrected chi connectivity index (χ4v) is 3.37. The van der Waals surface area contributed by atoms with Gasteiger partial charge >= 0.3 is 0 Å². The third-order valence-electron chi connectivity index (χ3n) is 4.94. The topological polar surface area (TPSA) is 67.2 Å². The Hall–Kier alpha value is -2.05. The highest BCUT2D eigenvalue weighted by Crippen LogP contribution is 2.29. The van der Waals surface area contributed by atoms with Gasteiger partial charge in [0.25, 0.3) is 0 Å². The van der Waals surface area contributed by atoms with Gasteiger partial charge in [0.05, 0.1) is 28.0 Å². The zero-order valence-electron chi connectivity index (χ0n) is 20.1. The number of amides is 2. The van der Waals surface area contributed by atoms with Crippen molar-refractivity contribution < 1.29 is 9.59 Å². The van der Waals surface area contributed by atoms with Crippen LogP contribution in [0.3, 0.4) is 0 Å². The number of rotatable bonds is 7. The molecule has 32 heavy (non-hydrogen) atoms. The maximum atomic E-state index is 13.0. The summed E-state index contributed by atoms with van der Waals surface area (Å²) in [5.41, 5.74) is 0.706. The molecule has 8 heteroatoms. The predicted octanol–water partition coefficient (Wildman–Crippen LogP) is 6.09. The maximum absolute atomic E-state index is 13.0. The lowest BCUT2D eigenvalue weighted by molar-refractivity contribution is -0.141. The molecule has 0 radical (unpaired) electrons. The smallest absolute Gasteiger partial charge is 0.245 e. The van der Waals surface area contributed by atoms with Crippen LogP contribution < -0.4 is 5.32 Å². The van der Waals surface area contributed by atoms with Gasteiger partial charge in [-0.15, -0.1) is 0 Å². The molecule has 0 saturated heterocycles. The molecule has 0 spiro atoms. The Bertz CT molecular complexity index is 971. The molecule has 0 bridgehead atoms. The summed E-state index contributed by atoms with van der Waals surface area (Å²) in [5.74, 6) is 0.187. The van der Waals surface area contributed by atoms with Gasteiger partial charge in [-0.1, -0.05) is 78.1 Å². The number of carbonyl (C=O) groups is 2. The zero-order valence-corrected chi connectivity index (χ0v) is 21.6. The Labute approximate surface area is 201 Å². The molecule has 0 unspecified atom stereocenters. The molecule has 2 amide bonds. The minimum atomic E-state index is -0.560. The van der Waals surface area contributed by atoms with E-state index in [4.69, 9.17) is 28.3 Å². The minimum absolute atomic E-state index is 0.0203. The van der Waals surface area contributed by atoms with E-state index in [2.05, 4.69) is 33.0 Å². The average Bonchev–Trinajstić information content (AvgIpc) is 3.10. The lowest BCUT2D eigenvalue weighted by Crippen LogP contribution is -2.44. The monoisotopic (exact) mass is 480 g/mol. The van der Waals surface area contributed by atoms with Gasteiger partial charge in [0.1, 0.15) is 5.82 Å². The summed E-state index contributed by atoms with van der Waals surface area (Å²) in [6, 6.07) is 7.04. The molecule has 6 nitrogen and oxygen atoms in total. The third kappa shape index (κ3) is 6.72. The van der Waals surface area contributed by atoms with Crippen LogP contribution in [0.5, 0.6) is 0 Å². The number of benzene rings is 1. The van der Waals surface area contributed by atoms with Gasteiger partial charge in [0, 0.05) is 23.4 Å². The Morgan fingerprint density at radius 3 is 2.25 bits per heavy atom. The molecule has 2 aromatic rings. The van der Waals surface area contributed by atoms with E-state index in [0.717, 1.165) is 18.5 Å². The second kappa shape index (κ2) is 10.3. The summed E-state index contributed by atoms with van der Waals surface area (Å²) < 4.78 is 1.64. The Morgan fingerprint density at radius 2 is 1.72 bits per heavy atom. The summed E-state index contributed by atoms with van der Waals surface area (Å²) in [7, 11) is 0. The van der Waals surface area contributed by atoms with Crippen LogP contribution in [0.25, 0.3) is 5.69 Å². The molecule has 1 aromatic heterocycles. The van der Waals surface area contributed by atoms with Gasteiger partial charge in [-0.25, -0.2) is 4.68 Å². The number of unbranched alkanes of at least 4 members (excludes halogenated alkanes) is 1. The van der Waals surface area contributed by atoms with Gasteiger partial charge in [0.15, 0.2) is 0 Å². The van der Waals surface area contributed by atoms with Crippen LogP contribution in [0.4, 0.5) is 5.82 Å². The van der Waals surface area contributed by atoms with Crippen molar-refractivity contribution in [3.63, 3.8) is 0 Å². The summed E-state index contributed by atoms with van der Waals surface area (Å²) >= 11 is 12.3. The lowest BCUT2D eigenvalue weighted by atomic mass is 9.92. The molecule has 0 aliphatic rings. The van der Waals surface area contributed by atoms with Gasteiger partial charge < -0.3 is 10.2 Å². The SMILES string of the molecule is CCCCN(CC(=O)Nc1cc(C(C)(C)C)nn1-c1ccc(Cl)c(Cl)c1)C(=O)C(C)(C)C. The van der Waals surface area contributed by atoms with Crippen molar-refractivity contribution in [2.24, 2.45) is 5.41 Å². The van der Waals surface area contributed by atoms with E-state index < -0.39 is 5.41 Å². The van der Waals surface area contributed by atoms with Crippen LogP contribution in [0.2, 0.25) is 10.0 Å². The molecule has 0 saturated carbocycles. The molecule has 2 rings (SSSR count). The van der Waals surface area contributed by atoms with E-state index in [1.54, 1.807) is 27.8 Å². The molecule has 0 atom stereocenters. The number of nitrogens with one attached hydrogen (secondary N) is 1. The van der Waals surface area contributed by atoms with Crippen molar-refractivity contribution in [1.29, 1.82) is 0 Å². The molecule has 1 N–H and O–H groups in total. The number of halogens is 2. The van der Waals surface area contributed by atoms with Crippen LogP contribution >= 0.6 is 23.2 Å². The lowest BCUT2D eigenvalue weighted by Gasteiger charge is -2.29. The van der Waals surface area contributed by atoms with E-state index in [-0.39, 0.29) is 23.8 Å². The van der Waals surface area contributed by atoms with Crippen molar-refractivity contribution in [2.75, 3.05) is 18.4 Å². The fraction of sp³-hybridized carbons (Fsp3) is 0.542. The van der Waals surface area contributed by atoms with Gasteiger partial charge in [0.2, 0.25) is 11.8 Å². The fourth-order valence-electron chi connectivity index (χ4n) is 3.08. The van der Waals surface area contributed by atoms with Gasteiger partial charge in [-0.05, 0) is 24.6 Å². The second-order valence-electron chi connectivity index (χ2n) is 10.1. The Morgan fingerprint density at radius 1 is 1.06 bits per heavy atom. The first-order valence-electron chi connectivity index (χ1n) is 10.9. The number of aromatic nitrogens is 2. The molecule has 1 aromatic carbocycles. The number of hydrogen-bond acceptors (Lipinski definition) is 3. The number of carbonyl (C=O) groups excluding carboxylic acids is 2. The Kier molecular flexibility index (Phi) is 8.40. The largest absolute Gasteiger partial charge is 0.333 e. The molecule has 0 aliphatic carbocycles. The summed E-state index contributed by atoms with van der Waals surface area (Å²) in [5, 5.41) is 8.48.